The number of ether oxygens (including phenoxy) is 1. The third kappa shape index (κ3) is 11.0. The lowest BCUT2D eigenvalue weighted by Crippen LogP contribution is -2.29. The van der Waals surface area contributed by atoms with Crippen LogP contribution in [0.15, 0.2) is 0 Å². The summed E-state index contributed by atoms with van der Waals surface area (Å²) in [5.74, 6) is 0.692. The Balaban J connectivity index is 3.68. The first-order valence-electron chi connectivity index (χ1n) is 6.87. The maximum absolute atomic E-state index is 11.8. The number of carbonyl (C=O) groups excluding carboxylic acids is 1. The van der Waals surface area contributed by atoms with Gasteiger partial charge in [-0.1, -0.05) is 13.8 Å². The first-order valence-corrected chi connectivity index (χ1v) is 6.87. The highest BCUT2D eigenvalue weighted by Crippen LogP contribution is 2.20. The fourth-order valence-corrected chi connectivity index (χ4v) is 1.88. The number of hydrogen-bond acceptors (Lipinski definition) is 3. The molecule has 0 fully saturated rings. The van der Waals surface area contributed by atoms with Crippen LogP contribution in [0, 0.1) is 11.8 Å². The molecule has 1 atom stereocenters. The normalized spacial score (nSPS) is 13.6. The van der Waals surface area contributed by atoms with Crippen LogP contribution in [-0.4, -0.2) is 38.4 Å². The summed E-state index contributed by atoms with van der Waals surface area (Å²) in [6.07, 6.45) is -2.34. The van der Waals surface area contributed by atoms with Crippen LogP contribution in [0.5, 0.6) is 0 Å². The lowest BCUT2D eigenvalue weighted by atomic mass is 9.88. The van der Waals surface area contributed by atoms with Crippen LogP contribution in [0.25, 0.3) is 0 Å². The molecule has 7 heteroatoms. The van der Waals surface area contributed by atoms with Crippen molar-refractivity contribution in [3.05, 3.63) is 0 Å². The van der Waals surface area contributed by atoms with Crippen molar-refractivity contribution in [1.82, 2.24) is 5.32 Å². The van der Waals surface area contributed by atoms with Crippen molar-refractivity contribution in [1.29, 1.82) is 0 Å². The van der Waals surface area contributed by atoms with Crippen LogP contribution >= 0.6 is 0 Å². The Labute approximate surface area is 118 Å². The summed E-state index contributed by atoms with van der Waals surface area (Å²) in [5, 5.41) is 2.54. The number of nitrogens with one attached hydrogen (secondary N) is 1. The van der Waals surface area contributed by atoms with E-state index in [1.54, 1.807) is 0 Å². The van der Waals surface area contributed by atoms with E-state index in [1.165, 1.54) is 0 Å². The van der Waals surface area contributed by atoms with E-state index in [0.29, 0.717) is 24.8 Å². The number of nitrogens with two attached hydrogens (primary N) is 1. The minimum absolute atomic E-state index is 0.0954. The maximum Gasteiger partial charge on any atom is 0.411 e. The quantitative estimate of drug-likeness (QED) is 0.607. The van der Waals surface area contributed by atoms with Crippen LogP contribution < -0.4 is 11.1 Å². The Morgan fingerprint density at radius 2 is 1.95 bits per heavy atom. The second kappa shape index (κ2) is 9.99. The minimum atomic E-state index is -4.32. The highest BCUT2D eigenvalue weighted by atomic mass is 19.4. The van der Waals surface area contributed by atoms with E-state index in [1.807, 2.05) is 0 Å². The van der Waals surface area contributed by atoms with Gasteiger partial charge in [-0.2, -0.15) is 13.2 Å². The number of alkyl halides is 3. The molecule has 0 aromatic heterocycles. The molecule has 0 rings (SSSR count). The van der Waals surface area contributed by atoms with Gasteiger partial charge in [0.05, 0.1) is 6.61 Å². The molecule has 0 radical (unpaired) electrons. The SMILES string of the molecule is CC(C)C(CCN)CCC(=O)NCCOCC(F)(F)F. The second-order valence-electron chi connectivity index (χ2n) is 5.14. The summed E-state index contributed by atoms with van der Waals surface area (Å²) < 4.78 is 39.7. The van der Waals surface area contributed by atoms with Crippen LogP contribution in [-0.2, 0) is 9.53 Å². The molecule has 0 saturated carbocycles. The molecule has 1 unspecified atom stereocenters. The van der Waals surface area contributed by atoms with Crippen LogP contribution in [0.4, 0.5) is 13.2 Å². The predicted octanol–water partition coefficient (Wildman–Crippen LogP) is 2.08. The highest BCUT2D eigenvalue weighted by molar-refractivity contribution is 5.75. The fraction of sp³-hybridized carbons (Fsp3) is 0.923. The van der Waals surface area contributed by atoms with Gasteiger partial charge in [0.2, 0.25) is 5.91 Å². The van der Waals surface area contributed by atoms with E-state index in [0.717, 1.165) is 12.8 Å². The first kappa shape index (κ1) is 19.2. The Bertz CT molecular complexity index is 271. The molecule has 1 amide bonds. The third-order valence-corrected chi connectivity index (χ3v) is 3.06. The van der Waals surface area contributed by atoms with Crippen molar-refractivity contribution in [3.63, 3.8) is 0 Å². The molecule has 0 aromatic rings. The maximum atomic E-state index is 11.8. The third-order valence-electron chi connectivity index (χ3n) is 3.06. The second-order valence-corrected chi connectivity index (χ2v) is 5.14. The summed E-state index contributed by atoms with van der Waals surface area (Å²) >= 11 is 0. The van der Waals surface area contributed by atoms with Crippen molar-refractivity contribution in [2.45, 2.75) is 39.3 Å². The van der Waals surface area contributed by atoms with Gasteiger partial charge in [0.25, 0.3) is 0 Å². The average Bonchev–Trinajstić information content (AvgIpc) is 2.32. The van der Waals surface area contributed by atoms with Gasteiger partial charge in [0.15, 0.2) is 0 Å². The summed E-state index contributed by atoms with van der Waals surface area (Å²) in [6, 6.07) is 0. The Morgan fingerprint density at radius 3 is 2.45 bits per heavy atom. The van der Waals surface area contributed by atoms with Crippen molar-refractivity contribution >= 4 is 5.91 Å². The smallest absolute Gasteiger partial charge is 0.370 e. The van der Waals surface area contributed by atoms with Crippen molar-refractivity contribution < 1.29 is 22.7 Å². The molecule has 0 spiro atoms. The summed E-state index contributed by atoms with van der Waals surface area (Å²) in [6.45, 7) is 3.44. The molecule has 0 aliphatic carbocycles. The average molecular weight is 298 g/mol. The zero-order valence-electron chi connectivity index (χ0n) is 12.1. The number of amides is 1. The molecule has 0 bridgehead atoms. The van der Waals surface area contributed by atoms with Gasteiger partial charge in [-0.15, -0.1) is 0 Å². The van der Waals surface area contributed by atoms with E-state index in [2.05, 4.69) is 23.9 Å². The van der Waals surface area contributed by atoms with E-state index >= 15 is 0 Å². The fourth-order valence-electron chi connectivity index (χ4n) is 1.88. The van der Waals surface area contributed by atoms with Gasteiger partial charge in [-0.3, -0.25) is 4.79 Å². The number of rotatable bonds is 10. The molecule has 0 heterocycles. The molecule has 0 aliphatic rings. The van der Waals surface area contributed by atoms with Crippen LogP contribution in [0.1, 0.15) is 33.1 Å². The molecular weight excluding hydrogens is 273 g/mol. The van der Waals surface area contributed by atoms with Gasteiger partial charge < -0.3 is 15.8 Å². The highest BCUT2D eigenvalue weighted by Gasteiger charge is 2.27. The summed E-state index contributed by atoms with van der Waals surface area (Å²) in [5.41, 5.74) is 5.51. The topological polar surface area (TPSA) is 64.4 Å². The molecule has 4 nitrogen and oxygen atoms in total. The van der Waals surface area contributed by atoms with E-state index < -0.39 is 12.8 Å². The van der Waals surface area contributed by atoms with Gasteiger partial charge >= 0.3 is 6.18 Å². The number of halogens is 3. The Hall–Kier alpha value is -0.820. The van der Waals surface area contributed by atoms with Crippen molar-refractivity contribution in [3.8, 4) is 0 Å². The monoisotopic (exact) mass is 298 g/mol. The van der Waals surface area contributed by atoms with Gasteiger partial charge in [0, 0.05) is 13.0 Å². The van der Waals surface area contributed by atoms with Crippen LogP contribution in [0.2, 0.25) is 0 Å². The number of hydrogen-bond donors (Lipinski definition) is 2. The van der Waals surface area contributed by atoms with E-state index in [4.69, 9.17) is 5.73 Å². The van der Waals surface area contributed by atoms with E-state index in [9.17, 15) is 18.0 Å². The van der Waals surface area contributed by atoms with Gasteiger partial charge in [-0.25, -0.2) is 0 Å². The van der Waals surface area contributed by atoms with Crippen molar-refractivity contribution in [2.24, 2.45) is 17.6 Å². The Morgan fingerprint density at radius 1 is 1.30 bits per heavy atom. The van der Waals surface area contributed by atoms with Crippen molar-refractivity contribution in [2.75, 3.05) is 26.3 Å². The zero-order chi connectivity index (χ0) is 15.6. The van der Waals surface area contributed by atoms with Crippen LogP contribution in [0.3, 0.4) is 0 Å². The molecular formula is C13H25F3N2O2. The Kier molecular flexibility index (Phi) is 9.58. The molecule has 20 heavy (non-hydrogen) atoms. The molecule has 120 valence electrons. The minimum Gasteiger partial charge on any atom is -0.370 e. The predicted molar refractivity (Wildman–Crippen MR) is 71.1 cm³/mol. The van der Waals surface area contributed by atoms with E-state index in [-0.39, 0.29) is 19.1 Å². The molecule has 0 aromatic carbocycles. The summed E-state index contributed by atoms with van der Waals surface area (Å²) in [4.78, 5) is 11.5. The largest absolute Gasteiger partial charge is 0.411 e. The lowest BCUT2D eigenvalue weighted by Gasteiger charge is -2.19. The summed E-state index contributed by atoms with van der Waals surface area (Å²) in [7, 11) is 0. The zero-order valence-corrected chi connectivity index (χ0v) is 12.1. The number of carbonyl (C=O) groups is 1. The van der Waals surface area contributed by atoms with Gasteiger partial charge in [-0.05, 0) is 31.2 Å². The standard InChI is InChI=1S/C13H25F3N2O2/c1-10(2)11(5-6-17)3-4-12(19)18-7-8-20-9-13(14,15)16/h10-11H,3-9,17H2,1-2H3,(H,18,19). The first-order chi connectivity index (χ1) is 9.26. The molecule has 0 aliphatic heterocycles. The molecule has 3 N–H and O–H groups in total. The lowest BCUT2D eigenvalue weighted by molar-refractivity contribution is -0.173. The molecule has 0 saturated heterocycles. The van der Waals surface area contributed by atoms with Gasteiger partial charge in [0.1, 0.15) is 6.61 Å².